The first-order valence-electron chi connectivity index (χ1n) is 6.00. The van der Waals surface area contributed by atoms with E-state index in [2.05, 4.69) is 19.0 Å². The number of fused-ring (bicyclic) bond motifs is 3. The summed E-state index contributed by atoms with van der Waals surface area (Å²) in [6.45, 7) is 11.4. The van der Waals surface area contributed by atoms with Crippen LogP contribution in [0.25, 0.3) is 0 Å². The van der Waals surface area contributed by atoms with E-state index in [1.165, 1.54) is 61.1 Å². The zero-order valence-corrected chi connectivity index (χ0v) is 10.0. The average molecular weight is 212 g/mol. The van der Waals surface area contributed by atoms with E-state index in [1.54, 1.807) is 0 Å². The molecule has 0 unspecified atom stereocenters. The maximum Gasteiger partial charge on any atom is 0.129 e. The second kappa shape index (κ2) is 3.76. The molecule has 1 atom stereocenters. The van der Waals surface area contributed by atoms with E-state index in [0.29, 0.717) is 6.04 Å². The molecule has 3 aliphatic heterocycles. The molecule has 86 valence electrons. The molecule has 0 spiro atoms. The Bertz CT molecular complexity index is 237. The van der Waals surface area contributed by atoms with Gasteiger partial charge < -0.3 is 14.7 Å². The smallest absolute Gasteiger partial charge is 0.129 e. The summed E-state index contributed by atoms with van der Waals surface area (Å²) in [6, 6.07) is 0.380. The molecular formula is C11H24N4+2. The Morgan fingerprint density at radius 1 is 1.20 bits per heavy atom. The first kappa shape index (κ1) is 10.9. The summed E-state index contributed by atoms with van der Waals surface area (Å²) in [6.07, 6.45) is 1.46. The van der Waals surface area contributed by atoms with Crippen LogP contribution in [0.4, 0.5) is 0 Å². The third kappa shape index (κ3) is 2.16. The van der Waals surface area contributed by atoms with Gasteiger partial charge in [0.15, 0.2) is 0 Å². The minimum absolute atomic E-state index is 0.380. The Morgan fingerprint density at radius 2 is 1.73 bits per heavy atom. The summed E-state index contributed by atoms with van der Waals surface area (Å²) >= 11 is 0. The van der Waals surface area contributed by atoms with Gasteiger partial charge in [0.25, 0.3) is 0 Å². The van der Waals surface area contributed by atoms with Gasteiger partial charge in [-0.15, -0.1) is 0 Å². The highest BCUT2D eigenvalue weighted by molar-refractivity contribution is 5.51. The van der Waals surface area contributed by atoms with Gasteiger partial charge in [-0.25, -0.2) is 0 Å². The van der Waals surface area contributed by atoms with Crippen molar-refractivity contribution in [2.24, 2.45) is 10.7 Å². The van der Waals surface area contributed by atoms with Gasteiger partial charge in [0.05, 0.1) is 19.4 Å². The standard InChI is InChI=1S/C11H24N4/c1-11(13-10-12)9-15-6-3-14(2,4-7-15)5-8-15/h10-11H,3-9H2,1-2H3,(H2,12,13)/q+2/t11-,14?,15?/m1/s1. The monoisotopic (exact) mass is 212 g/mol. The van der Waals surface area contributed by atoms with E-state index in [1.807, 2.05) is 0 Å². The molecule has 4 nitrogen and oxygen atoms in total. The summed E-state index contributed by atoms with van der Waals surface area (Å²) in [5, 5.41) is 0. The highest BCUT2D eigenvalue weighted by Crippen LogP contribution is 2.25. The van der Waals surface area contributed by atoms with E-state index in [4.69, 9.17) is 5.73 Å². The van der Waals surface area contributed by atoms with E-state index in [-0.39, 0.29) is 0 Å². The Morgan fingerprint density at radius 3 is 2.20 bits per heavy atom. The van der Waals surface area contributed by atoms with Crippen molar-refractivity contribution in [3.05, 3.63) is 0 Å². The van der Waals surface area contributed by atoms with Gasteiger partial charge in [-0.3, -0.25) is 4.99 Å². The van der Waals surface area contributed by atoms with Crippen LogP contribution in [0.2, 0.25) is 0 Å². The van der Waals surface area contributed by atoms with Gasteiger partial charge in [-0.05, 0) is 6.92 Å². The summed E-state index contributed by atoms with van der Waals surface area (Å²) in [5.41, 5.74) is 5.35. The normalized spacial score (nSPS) is 42.3. The number of quaternary nitrogens is 2. The number of nitrogens with zero attached hydrogens (tertiary/aromatic N) is 3. The molecule has 3 rings (SSSR count). The van der Waals surface area contributed by atoms with Gasteiger partial charge in [0.1, 0.15) is 45.8 Å². The van der Waals surface area contributed by atoms with Crippen LogP contribution in [-0.4, -0.2) is 74.2 Å². The predicted octanol–water partition coefficient (Wildman–Crippen LogP) is -0.347. The molecule has 3 saturated heterocycles. The Labute approximate surface area is 92.6 Å². The van der Waals surface area contributed by atoms with Gasteiger partial charge in [0.2, 0.25) is 0 Å². The largest absolute Gasteiger partial charge is 0.390 e. The number of nitrogens with two attached hydrogens (primary N) is 1. The molecule has 15 heavy (non-hydrogen) atoms. The lowest BCUT2D eigenvalue weighted by Crippen LogP contribution is -2.74. The molecule has 0 aliphatic carbocycles. The number of aliphatic imine (C=N–C) groups is 1. The van der Waals surface area contributed by atoms with Crippen molar-refractivity contribution >= 4 is 6.34 Å². The Hall–Kier alpha value is -0.610. The van der Waals surface area contributed by atoms with E-state index >= 15 is 0 Å². The van der Waals surface area contributed by atoms with Crippen molar-refractivity contribution in [1.82, 2.24) is 0 Å². The third-order valence-corrected chi connectivity index (χ3v) is 4.33. The molecule has 3 heterocycles. The Balaban J connectivity index is 1.97. The van der Waals surface area contributed by atoms with Crippen LogP contribution in [0.3, 0.4) is 0 Å². The lowest BCUT2D eigenvalue weighted by molar-refractivity contribution is -1.07. The fraction of sp³-hybridized carbons (Fsp3) is 0.909. The highest BCUT2D eigenvalue weighted by atomic mass is 15.5. The van der Waals surface area contributed by atoms with Crippen LogP contribution in [-0.2, 0) is 0 Å². The molecule has 0 aromatic rings. The van der Waals surface area contributed by atoms with Crippen molar-refractivity contribution in [3.63, 3.8) is 0 Å². The lowest BCUT2D eigenvalue weighted by atomic mass is 10.1. The Kier molecular flexibility index (Phi) is 2.73. The summed E-state index contributed by atoms with van der Waals surface area (Å²) in [7, 11) is 2.40. The summed E-state index contributed by atoms with van der Waals surface area (Å²) in [5.74, 6) is 0. The first-order valence-corrected chi connectivity index (χ1v) is 6.00. The molecule has 0 radical (unpaired) electrons. The zero-order chi connectivity index (χ0) is 10.9. The van der Waals surface area contributed by atoms with Crippen molar-refractivity contribution in [3.8, 4) is 0 Å². The molecule has 0 aromatic carbocycles. The van der Waals surface area contributed by atoms with Gasteiger partial charge >= 0.3 is 0 Å². The molecule has 2 N–H and O–H groups in total. The fourth-order valence-electron chi connectivity index (χ4n) is 3.06. The molecule has 2 bridgehead atoms. The fourth-order valence-corrected chi connectivity index (χ4v) is 3.06. The van der Waals surface area contributed by atoms with Gasteiger partial charge in [-0.2, -0.15) is 0 Å². The van der Waals surface area contributed by atoms with Gasteiger partial charge in [0, 0.05) is 0 Å². The summed E-state index contributed by atoms with van der Waals surface area (Å²) in [4.78, 5) is 4.28. The van der Waals surface area contributed by atoms with Crippen molar-refractivity contribution in [2.75, 3.05) is 52.9 Å². The number of hydrogen-bond donors (Lipinski definition) is 1. The SMILES string of the molecule is C[C@H](C[N+]12CC[N+](C)(CC1)CC2)N=CN. The molecule has 4 heteroatoms. The predicted molar refractivity (Wildman–Crippen MR) is 62.7 cm³/mol. The van der Waals surface area contributed by atoms with E-state index < -0.39 is 0 Å². The van der Waals surface area contributed by atoms with Crippen molar-refractivity contribution in [2.45, 2.75) is 13.0 Å². The average Bonchev–Trinajstić information content (AvgIpc) is 2.21. The minimum atomic E-state index is 0.380. The maximum absolute atomic E-state index is 5.35. The minimum Gasteiger partial charge on any atom is -0.390 e. The van der Waals surface area contributed by atoms with Crippen LogP contribution in [0.5, 0.6) is 0 Å². The van der Waals surface area contributed by atoms with Crippen LogP contribution in [0, 0.1) is 0 Å². The molecule has 3 aliphatic rings. The lowest BCUT2D eigenvalue weighted by Gasteiger charge is -2.54. The van der Waals surface area contributed by atoms with Gasteiger partial charge in [-0.1, -0.05) is 0 Å². The molecular weight excluding hydrogens is 188 g/mol. The second-order valence-corrected chi connectivity index (χ2v) is 5.63. The molecule has 3 fully saturated rings. The number of piperazine rings is 3. The van der Waals surface area contributed by atoms with E-state index in [9.17, 15) is 0 Å². The highest BCUT2D eigenvalue weighted by Gasteiger charge is 2.46. The molecule has 0 saturated carbocycles. The second-order valence-electron chi connectivity index (χ2n) is 5.63. The van der Waals surface area contributed by atoms with Crippen molar-refractivity contribution < 1.29 is 8.97 Å². The first-order chi connectivity index (χ1) is 7.08. The third-order valence-electron chi connectivity index (χ3n) is 4.33. The zero-order valence-electron chi connectivity index (χ0n) is 10.0. The molecule has 0 amide bonds. The summed E-state index contributed by atoms with van der Waals surface area (Å²) < 4.78 is 2.58. The van der Waals surface area contributed by atoms with Crippen LogP contribution < -0.4 is 5.73 Å². The number of likely N-dealkylation sites (N-methyl/N-ethyl adjacent to an activating group) is 1. The topological polar surface area (TPSA) is 38.4 Å². The van der Waals surface area contributed by atoms with Crippen LogP contribution in [0.1, 0.15) is 6.92 Å². The number of hydrogen-bond acceptors (Lipinski definition) is 1. The van der Waals surface area contributed by atoms with Crippen LogP contribution >= 0.6 is 0 Å². The maximum atomic E-state index is 5.35. The number of rotatable bonds is 3. The van der Waals surface area contributed by atoms with Crippen LogP contribution in [0.15, 0.2) is 4.99 Å². The van der Waals surface area contributed by atoms with Crippen molar-refractivity contribution in [1.29, 1.82) is 0 Å². The van der Waals surface area contributed by atoms with E-state index in [0.717, 1.165) is 0 Å². The molecule has 0 aromatic heterocycles. The quantitative estimate of drug-likeness (QED) is 0.388.